The van der Waals surface area contributed by atoms with E-state index in [-0.39, 0.29) is 5.75 Å². The quantitative estimate of drug-likeness (QED) is 0.717. The molecule has 2 aliphatic rings. The number of rotatable bonds is 4. The molecule has 2 heterocycles. The molecule has 0 aliphatic carbocycles. The second-order valence-corrected chi connectivity index (χ2v) is 7.80. The summed E-state index contributed by atoms with van der Waals surface area (Å²) in [4.78, 5) is 4.23. The first kappa shape index (κ1) is 14.0. The molecule has 0 aromatic heterocycles. The molecular formula is C10H20N4O2S2. The molecule has 18 heavy (non-hydrogen) atoms. The normalized spacial score (nSPS) is 25.6. The average molecular weight is 292 g/mol. The van der Waals surface area contributed by atoms with Gasteiger partial charge in [0.2, 0.25) is 10.0 Å². The van der Waals surface area contributed by atoms with Crippen LogP contribution in [0, 0.1) is 0 Å². The van der Waals surface area contributed by atoms with Crippen LogP contribution in [-0.2, 0) is 10.0 Å². The zero-order valence-electron chi connectivity index (χ0n) is 10.6. The summed E-state index contributed by atoms with van der Waals surface area (Å²) in [6.45, 7) is 4.48. The molecule has 1 fully saturated rings. The SMILES string of the molecule is CC1CN=C(NCCS(=O)(=O)N2CCSCC2)N1. The van der Waals surface area contributed by atoms with E-state index in [1.165, 1.54) is 0 Å². The fourth-order valence-electron chi connectivity index (χ4n) is 1.91. The molecule has 2 N–H and O–H groups in total. The first-order chi connectivity index (χ1) is 8.58. The molecule has 0 bridgehead atoms. The lowest BCUT2D eigenvalue weighted by atomic mass is 10.4. The monoisotopic (exact) mass is 292 g/mol. The van der Waals surface area contributed by atoms with Crippen LogP contribution in [-0.4, -0.2) is 68.2 Å². The maximum Gasteiger partial charge on any atom is 0.215 e. The lowest BCUT2D eigenvalue weighted by molar-refractivity contribution is 0.443. The van der Waals surface area contributed by atoms with E-state index >= 15 is 0 Å². The summed E-state index contributed by atoms with van der Waals surface area (Å²) in [5, 5.41) is 6.18. The second kappa shape index (κ2) is 6.12. The predicted octanol–water partition coefficient (Wildman–Crippen LogP) is -0.698. The Bertz CT molecular complexity index is 404. The van der Waals surface area contributed by atoms with Crippen molar-refractivity contribution in [2.24, 2.45) is 4.99 Å². The maximum atomic E-state index is 12.0. The molecule has 0 saturated carbocycles. The highest BCUT2D eigenvalue weighted by Gasteiger charge is 2.23. The van der Waals surface area contributed by atoms with Crippen LogP contribution >= 0.6 is 11.8 Å². The molecule has 0 amide bonds. The van der Waals surface area contributed by atoms with Crippen LogP contribution in [0.15, 0.2) is 4.99 Å². The van der Waals surface area contributed by atoms with E-state index in [1.807, 2.05) is 18.7 Å². The molecule has 0 aromatic rings. The van der Waals surface area contributed by atoms with Crippen molar-refractivity contribution in [3.05, 3.63) is 0 Å². The highest BCUT2D eigenvalue weighted by molar-refractivity contribution is 7.99. The number of guanidine groups is 1. The van der Waals surface area contributed by atoms with Gasteiger partial charge in [-0.2, -0.15) is 11.8 Å². The highest BCUT2D eigenvalue weighted by Crippen LogP contribution is 2.12. The fraction of sp³-hybridized carbons (Fsp3) is 0.900. The van der Waals surface area contributed by atoms with Gasteiger partial charge in [-0.15, -0.1) is 0 Å². The molecule has 104 valence electrons. The lowest BCUT2D eigenvalue weighted by Gasteiger charge is -2.25. The minimum atomic E-state index is -3.11. The van der Waals surface area contributed by atoms with E-state index in [0.29, 0.717) is 31.6 Å². The summed E-state index contributed by atoms with van der Waals surface area (Å²) in [5.74, 6) is 2.65. The Hall–Kier alpha value is -0.470. The highest BCUT2D eigenvalue weighted by atomic mass is 32.2. The Kier molecular flexibility index (Phi) is 4.74. The van der Waals surface area contributed by atoms with Gasteiger partial charge in [-0.25, -0.2) is 12.7 Å². The number of thioether (sulfide) groups is 1. The zero-order valence-corrected chi connectivity index (χ0v) is 12.2. The van der Waals surface area contributed by atoms with Gasteiger partial charge in [-0.1, -0.05) is 0 Å². The van der Waals surface area contributed by atoms with E-state index < -0.39 is 10.0 Å². The molecule has 0 aromatic carbocycles. The van der Waals surface area contributed by atoms with Gasteiger partial charge in [0, 0.05) is 37.2 Å². The van der Waals surface area contributed by atoms with E-state index in [1.54, 1.807) is 4.31 Å². The summed E-state index contributed by atoms with van der Waals surface area (Å²) < 4.78 is 25.7. The largest absolute Gasteiger partial charge is 0.355 e. The van der Waals surface area contributed by atoms with Crippen LogP contribution in [0.25, 0.3) is 0 Å². The predicted molar refractivity (Wildman–Crippen MR) is 75.6 cm³/mol. The van der Waals surface area contributed by atoms with Crippen molar-refractivity contribution in [2.75, 3.05) is 43.4 Å². The van der Waals surface area contributed by atoms with Crippen LogP contribution < -0.4 is 10.6 Å². The molecule has 0 radical (unpaired) electrons. The average Bonchev–Trinajstić information content (AvgIpc) is 2.76. The van der Waals surface area contributed by atoms with Crippen molar-refractivity contribution in [1.82, 2.24) is 14.9 Å². The summed E-state index contributed by atoms with van der Waals surface area (Å²) in [7, 11) is -3.11. The van der Waals surface area contributed by atoms with Gasteiger partial charge in [0.25, 0.3) is 0 Å². The first-order valence-electron chi connectivity index (χ1n) is 6.18. The van der Waals surface area contributed by atoms with Crippen LogP contribution in [0.3, 0.4) is 0 Å². The van der Waals surface area contributed by atoms with Crippen LogP contribution in [0.1, 0.15) is 6.92 Å². The molecular weight excluding hydrogens is 272 g/mol. The number of nitrogens with one attached hydrogen (secondary N) is 2. The number of hydrogen-bond donors (Lipinski definition) is 2. The van der Waals surface area contributed by atoms with Crippen molar-refractivity contribution < 1.29 is 8.42 Å². The van der Waals surface area contributed by atoms with E-state index in [2.05, 4.69) is 15.6 Å². The summed E-state index contributed by atoms with van der Waals surface area (Å²) in [6, 6.07) is 0.336. The molecule has 1 atom stereocenters. The van der Waals surface area contributed by atoms with Gasteiger partial charge < -0.3 is 10.6 Å². The van der Waals surface area contributed by atoms with Crippen LogP contribution in [0.4, 0.5) is 0 Å². The smallest absolute Gasteiger partial charge is 0.215 e. The third-order valence-electron chi connectivity index (χ3n) is 2.92. The van der Waals surface area contributed by atoms with E-state index in [0.717, 1.165) is 18.1 Å². The van der Waals surface area contributed by atoms with E-state index in [9.17, 15) is 8.42 Å². The third kappa shape index (κ3) is 3.76. The Morgan fingerprint density at radius 3 is 2.83 bits per heavy atom. The van der Waals surface area contributed by atoms with Gasteiger partial charge in [0.1, 0.15) is 0 Å². The molecule has 2 aliphatic heterocycles. The van der Waals surface area contributed by atoms with Crippen molar-refractivity contribution >= 4 is 27.7 Å². The molecule has 6 nitrogen and oxygen atoms in total. The van der Waals surface area contributed by atoms with Crippen molar-refractivity contribution in [2.45, 2.75) is 13.0 Å². The van der Waals surface area contributed by atoms with Crippen molar-refractivity contribution in [3.63, 3.8) is 0 Å². The topological polar surface area (TPSA) is 73.8 Å². The number of aliphatic imine (C=N–C) groups is 1. The Morgan fingerprint density at radius 2 is 2.22 bits per heavy atom. The van der Waals surface area contributed by atoms with Gasteiger partial charge in [0.05, 0.1) is 12.3 Å². The van der Waals surface area contributed by atoms with Crippen LogP contribution in [0.5, 0.6) is 0 Å². The van der Waals surface area contributed by atoms with Crippen LogP contribution in [0.2, 0.25) is 0 Å². The number of nitrogens with zero attached hydrogens (tertiary/aromatic N) is 2. The fourth-order valence-corrected chi connectivity index (χ4v) is 4.40. The first-order valence-corrected chi connectivity index (χ1v) is 8.95. The standard InChI is InChI=1S/C10H20N4O2S2/c1-9-8-12-10(13-9)11-2-7-18(15,16)14-3-5-17-6-4-14/h9H,2-8H2,1H3,(H2,11,12,13). The molecule has 1 saturated heterocycles. The Labute approximate surface area is 113 Å². The molecule has 0 spiro atoms. The van der Waals surface area contributed by atoms with Gasteiger partial charge >= 0.3 is 0 Å². The van der Waals surface area contributed by atoms with Gasteiger partial charge in [-0.05, 0) is 6.92 Å². The maximum absolute atomic E-state index is 12.0. The van der Waals surface area contributed by atoms with Crippen molar-refractivity contribution in [1.29, 1.82) is 0 Å². The van der Waals surface area contributed by atoms with Gasteiger partial charge in [0.15, 0.2) is 5.96 Å². The number of sulfonamides is 1. The molecule has 8 heteroatoms. The molecule has 2 rings (SSSR count). The zero-order chi connectivity index (χ0) is 13.0. The van der Waals surface area contributed by atoms with Crippen molar-refractivity contribution in [3.8, 4) is 0 Å². The minimum Gasteiger partial charge on any atom is -0.355 e. The molecule has 1 unspecified atom stereocenters. The Morgan fingerprint density at radius 1 is 1.50 bits per heavy atom. The summed E-state index contributed by atoms with van der Waals surface area (Å²) >= 11 is 1.81. The summed E-state index contributed by atoms with van der Waals surface area (Å²) in [6.07, 6.45) is 0. The second-order valence-electron chi connectivity index (χ2n) is 4.49. The van der Waals surface area contributed by atoms with Gasteiger partial charge in [-0.3, -0.25) is 4.99 Å². The summed E-state index contributed by atoms with van der Waals surface area (Å²) in [5.41, 5.74) is 0. The minimum absolute atomic E-state index is 0.132. The Balaban J connectivity index is 1.75. The lowest BCUT2D eigenvalue weighted by Crippen LogP contribution is -2.44. The third-order valence-corrected chi connectivity index (χ3v) is 5.74. The number of hydrogen-bond acceptors (Lipinski definition) is 6. The van der Waals surface area contributed by atoms with E-state index in [4.69, 9.17) is 0 Å².